The summed E-state index contributed by atoms with van der Waals surface area (Å²) in [6, 6.07) is 10.9. The maximum atomic E-state index is 10.9. The number of halogens is 2. The van der Waals surface area contributed by atoms with Gasteiger partial charge in [0, 0.05) is 29.2 Å². The minimum absolute atomic E-state index is 0.154. The highest BCUT2D eigenvalue weighted by molar-refractivity contribution is 9.10. The number of rotatable bonds is 5. The summed E-state index contributed by atoms with van der Waals surface area (Å²) >= 11 is 9.39. The van der Waals surface area contributed by atoms with Crippen LogP contribution in [0.25, 0.3) is 0 Å². The maximum absolute atomic E-state index is 10.9. The van der Waals surface area contributed by atoms with Crippen LogP contribution in [0.5, 0.6) is 0 Å². The van der Waals surface area contributed by atoms with Crippen LogP contribution in [0, 0.1) is 17.0 Å². The lowest BCUT2D eigenvalue weighted by atomic mass is 10.1. The van der Waals surface area contributed by atoms with Crippen LogP contribution in [-0.4, -0.2) is 4.92 Å². The summed E-state index contributed by atoms with van der Waals surface area (Å²) < 4.78 is 0.863. The van der Waals surface area contributed by atoms with E-state index in [1.54, 1.807) is 13.0 Å². The topological polar surface area (TPSA) is 55.2 Å². The van der Waals surface area contributed by atoms with E-state index in [1.807, 2.05) is 24.3 Å². The Morgan fingerprint density at radius 3 is 2.71 bits per heavy atom. The van der Waals surface area contributed by atoms with E-state index in [1.165, 1.54) is 6.07 Å². The number of nitro benzene ring substituents is 1. The van der Waals surface area contributed by atoms with Crippen molar-refractivity contribution in [3.63, 3.8) is 0 Å². The molecule has 4 nitrogen and oxygen atoms in total. The minimum atomic E-state index is -0.354. The van der Waals surface area contributed by atoms with Gasteiger partial charge >= 0.3 is 0 Å². The van der Waals surface area contributed by atoms with Crippen LogP contribution < -0.4 is 5.32 Å². The molecule has 0 radical (unpaired) electrons. The van der Waals surface area contributed by atoms with Gasteiger partial charge in [-0.15, -0.1) is 0 Å². The molecular weight excluding hydrogens is 356 g/mol. The van der Waals surface area contributed by atoms with Crippen LogP contribution in [0.1, 0.15) is 16.7 Å². The van der Waals surface area contributed by atoms with Gasteiger partial charge in [0.05, 0.1) is 9.95 Å². The highest BCUT2D eigenvalue weighted by atomic mass is 79.9. The van der Waals surface area contributed by atoms with Crippen LogP contribution in [0.2, 0.25) is 5.02 Å². The third-order valence-corrected chi connectivity index (χ3v) is 4.48. The fourth-order valence-corrected chi connectivity index (χ4v) is 2.50. The lowest BCUT2D eigenvalue weighted by Crippen LogP contribution is -2.14. The number of nitrogens with one attached hydrogen (secondary N) is 1. The fraction of sp³-hybridized carbons (Fsp3) is 0.200. The SMILES string of the molecule is Cc1c(CNCc2ccc(Br)c(Cl)c2)cccc1[N+](=O)[O-]. The minimum Gasteiger partial charge on any atom is -0.309 e. The van der Waals surface area contributed by atoms with E-state index in [-0.39, 0.29) is 10.6 Å². The second-order valence-corrected chi connectivity index (χ2v) is 5.93. The van der Waals surface area contributed by atoms with Gasteiger partial charge in [-0.3, -0.25) is 10.1 Å². The predicted octanol–water partition coefficient (Wildman–Crippen LogP) is 4.61. The number of benzene rings is 2. The molecule has 110 valence electrons. The normalized spacial score (nSPS) is 10.6. The fourth-order valence-electron chi connectivity index (χ4n) is 2.05. The van der Waals surface area contributed by atoms with Crippen molar-refractivity contribution in [2.24, 2.45) is 0 Å². The Balaban J connectivity index is 2.02. The molecule has 2 aromatic rings. The average Bonchev–Trinajstić information content (AvgIpc) is 2.44. The molecular formula is C15H14BrClN2O2. The van der Waals surface area contributed by atoms with Gasteiger partial charge in [-0.1, -0.05) is 29.8 Å². The largest absolute Gasteiger partial charge is 0.309 e. The van der Waals surface area contributed by atoms with Crippen LogP contribution in [0.15, 0.2) is 40.9 Å². The second kappa shape index (κ2) is 7.02. The van der Waals surface area contributed by atoms with Crippen molar-refractivity contribution >= 4 is 33.2 Å². The van der Waals surface area contributed by atoms with E-state index < -0.39 is 0 Å². The Bertz CT molecular complexity index is 677. The zero-order valence-corrected chi connectivity index (χ0v) is 13.7. The standard InChI is InChI=1S/C15H14BrClN2O2/c1-10-12(3-2-4-15(10)19(20)21)9-18-8-11-5-6-13(16)14(17)7-11/h2-7,18H,8-9H2,1H3. The molecule has 1 N–H and O–H groups in total. The smallest absolute Gasteiger partial charge is 0.272 e. The zero-order valence-electron chi connectivity index (χ0n) is 11.4. The molecule has 0 fully saturated rings. The monoisotopic (exact) mass is 368 g/mol. The quantitative estimate of drug-likeness (QED) is 0.618. The summed E-state index contributed by atoms with van der Waals surface area (Å²) in [4.78, 5) is 10.6. The number of hydrogen-bond donors (Lipinski definition) is 1. The number of nitro groups is 1. The van der Waals surface area contributed by atoms with E-state index in [4.69, 9.17) is 11.6 Å². The molecule has 21 heavy (non-hydrogen) atoms. The highest BCUT2D eigenvalue weighted by Crippen LogP contribution is 2.23. The van der Waals surface area contributed by atoms with Crippen LogP contribution in [-0.2, 0) is 13.1 Å². The van der Waals surface area contributed by atoms with Crippen molar-refractivity contribution in [2.75, 3.05) is 0 Å². The highest BCUT2D eigenvalue weighted by Gasteiger charge is 2.12. The Morgan fingerprint density at radius 1 is 1.29 bits per heavy atom. The van der Waals surface area contributed by atoms with Crippen molar-refractivity contribution in [3.05, 3.63) is 72.7 Å². The van der Waals surface area contributed by atoms with Gasteiger partial charge < -0.3 is 5.32 Å². The van der Waals surface area contributed by atoms with Gasteiger partial charge in [-0.25, -0.2) is 0 Å². The molecule has 0 bridgehead atoms. The number of hydrogen-bond acceptors (Lipinski definition) is 3. The molecule has 0 aromatic heterocycles. The molecule has 0 atom stereocenters. The Morgan fingerprint density at radius 2 is 2.05 bits per heavy atom. The van der Waals surface area contributed by atoms with Gasteiger partial charge in [0.25, 0.3) is 5.69 Å². The molecule has 0 aliphatic heterocycles. The molecule has 2 aromatic carbocycles. The summed E-state index contributed by atoms with van der Waals surface area (Å²) in [7, 11) is 0. The summed E-state index contributed by atoms with van der Waals surface area (Å²) in [5.74, 6) is 0. The number of nitrogens with zero attached hydrogens (tertiary/aromatic N) is 1. The average molecular weight is 370 g/mol. The Kier molecular flexibility index (Phi) is 5.33. The molecule has 6 heteroatoms. The van der Waals surface area contributed by atoms with E-state index >= 15 is 0 Å². The molecule has 0 amide bonds. The van der Waals surface area contributed by atoms with Crippen LogP contribution in [0.3, 0.4) is 0 Å². The first-order valence-corrected chi connectivity index (χ1v) is 7.53. The third kappa shape index (κ3) is 4.03. The van der Waals surface area contributed by atoms with Crippen molar-refractivity contribution in [1.29, 1.82) is 0 Å². The maximum Gasteiger partial charge on any atom is 0.272 e. The Hall–Kier alpha value is -1.43. The third-order valence-electron chi connectivity index (χ3n) is 3.24. The van der Waals surface area contributed by atoms with Gasteiger partial charge in [0.15, 0.2) is 0 Å². The molecule has 0 saturated heterocycles. The molecule has 0 aliphatic carbocycles. The van der Waals surface area contributed by atoms with Crippen LogP contribution >= 0.6 is 27.5 Å². The summed E-state index contributed by atoms with van der Waals surface area (Å²) in [6.45, 7) is 2.99. The summed E-state index contributed by atoms with van der Waals surface area (Å²) in [5.41, 5.74) is 2.84. The molecule has 0 unspecified atom stereocenters. The second-order valence-electron chi connectivity index (χ2n) is 4.67. The molecule has 2 rings (SSSR count). The molecule has 0 aliphatic rings. The van der Waals surface area contributed by atoms with E-state index in [0.29, 0.717) is 23.7 Å². The molecule has 0 heterocycles. The van der Waals surface area contributed by atoms with Crippen molar-refractivity contribution in [3.8, 4) is 0 Å². The zero-order chi connectivity index (χ0) is 15.4. The molecule has 0 spiro atoms. The summed E-state index contributed by atoms with van der Waals surface area (Å²) in [5, 5.41) is 14.8. The van der Waals surface area contributed by atoms with E-state index in [2.05, 4.69) is 21.2 Å². The first-order chi connectivity index (χ1) is 9.99. The lowest BCUT2D eigenvalue weighted by molar-refractivity contribution is -0.385. The van der Waals surface area contributed by atoms with E-state index in [9.17, 15) is 10.1 Å². The molecule has 0 saturated carbocycles. The predicted molar refractivity (Wildman–Crippen MR) is 87.5 cm³/mol. The van der Waals surface area contributed by atoms with Crippen molar-refractivity contribution in [2.45, 2.75) is 20.0 Å². The Labute approximate surface area is 136 Å². The van der Waals surface area contributed by atoms with Crippen LogP contribution in [0.4, 0.5) is 5.69 Å². The van der Waals surface area contributed by atoms with Gasteiger partial charge in [-0.2, -0.15) is 0 Å². The first kappa shape index (κ1) is 15.9. The summed E-state index contributed by atoms with van der Waals surface area (Å²) in [6.07, 6.45) is 0. The first-order valence-electron chi connectivity index (χ1n) is 6.36. The van der Waals surface area contributed by atoms with Crippen molar-refractivity contribution in [1.82, 2.24) is 5.32 Å². The van der Waals surface area contributed by atoms with Gasteiger partial charge in [0.1, 0.15) is 0 Å². The lowest BCUT2D eigenvalue weighted by Gasteiger charge is -2.09. The van der Waals surface area contributed by atoms with E-state index in [0.717, 1.165) is 15.6 Å². The van der Waals surface area contributed by atoms with Crippen molar-refractivity contribution < 1.29 is 4.92 Å². The van der Waals surface area contributed by atoms with Gasteiger partial charge in [0.2, 0.25) is 0 Å². The van der Waals surface area contributed by atoms with Gasteiger partial charge in [-0.05, 0) is 46.1 Å².